The summed E-state index contributed by atoms with van der Waals surface area (Å²) in [6, 6.07) is 8.04. The molecule has 0 unspecified atom stereocenters. The van der Waals surface area contributed by atoms with Crippen molar-refractivity contribution in [3.8, 4) is 0 Å². The summed E-state index contributed by atoms with van der Waals surface area (Å²) in [5.41, 5.74) is 2.81. The lowest BCUT2D eigenvalue weighted by Gasteiger charge is -2.06. The molecule has 4 rings (SSSR count). The van der Waals surface area contributed by atoms with Crippen molar-refractivity contribution in [1.29, 1.82) is 0 Å². The topological polar surface area (TPSA) is 82.3 Å². The van der Waals surface area contributed by atoms with Crippen LogP contribution in [0.15, 0.2) is 36.8 Å². The Labute approximate surface area is 127 Å². The average molecular weight is 376 g/mol. The van der Waals surface area contributed by atoms with Gasteiger partial charge in [0.1, 0.15) is 17.8 Å². The van der Waals surface area contributed by atoms with Crippen LogP contribution < -0.4 is 5.32 Å². The molecule has 0 radical (unpaired) electrons. The number of nitrogens with one attached hydrogen (secondary N) is 3. The van der Waals surface area contributed by atoms with Crippen molar-refractivity contribution in [2.24, 2.45) is 0 Å². The van der Waals surface area contributed by atoms with Gasteiger partial charge < -0.3 is 10.3 Å². The summed E-state index contributed by atoms with van der Waals surface area (Å²) in [6.07, 6.45) is 3.35. The zero-order valence-corrected chi connectivity index (χ0v) is 12.3. The van der Waals surface area contributed by atoms with Crippen LogP contribution in [-0.2, 0) is 0 Å². The number of aromatic amines is 2. The molecule has 98 valence electrons. The Morgan fingerprint density at radius 1 is 1.15 bits per heavy atom. The molecule has 0 aliphatic heterocycles. The molecule has 0 saturated carbocycles. The molecule has 0 saturated heterocycles. The maximum Gasteiger partial charge on any atom is 0.143 e. The molecule has 0 bridgehead atoms. The van der Waals surface area contributed by atoms with Crippen LogP contribution in [0.1, 0.15) is 0 Å². The van der Waals surface area contributed by atoms with Crippen molar-refractivity contribution >= 4 is 56.0 Å². The number of rotatable bonds is 2. The van der Waals surface area contributed by atoms with Crippen LogP contribution in [0.4, 0.5) is 11.5 Å². The Kier molecular flexibility index (Phi) is 2.59. The van der Waals surface area contributed by atoms with E-state index in [9.17, 15) is 0 Å². The molecule has 3 N–H and O–H groups in total. The summed E-state index contributed by atoms with van der Waals surface area (Å²) >= 11 is 2.23. The molecular formula is C13H9IN6. The third-order valence-electron chi connectivity index (χ3n) is 3.10. The van der Waals surface area contributed by atoms with Crippen molar-refractivity contribution in [3.63, 3.8) is 0 Å². The second-order valence-electron chi connectivity index (χ2n) is 4.40. The van der Waals surface area contributed by atoms with Gasteiger partial charge in [-0.25, -0.2) is 9.97 Å². The summed E-state index contributed by atoms with van der Waals surface area (Å²) < 4.78 is 1.03. The molecule has 0 spiro atoms. The summed E-state index contributed by atoms with van der Waals surface area (Å²) in [7, 11) is 0. The highest BCUT2D eigenvalue weighted by molar-refractivity contribution is 14.1. The predicted molar refractivity (Wildman–Crippen MR) is 86.0 cm³/mol. The van der Waals surface area contributed by atoms with E-state index < -0.39 is 0 Å². The third-order valence-corrected chi connectivity index (χ3v) is 3.68. The monoisotopic (exact) mass is 376 g/mol. The minimum absolute atomic E-state index is 0.789. The van der Waals surface area contributed by atoms with E-state index in [0.29, 0.717) is 0 Å². The normalized spacial score (nSPS) is 11.2. The van der Waals surface area contributed by atoms with Crippen LogP contribution in [0, 0.1) is 3.70 Å². The van der Waals surface area contributed by atoms with Crippen molar-refractivity contribution in [3.05, 3.63) is 40.5 Å². The predicted octanol–water partition coefficient (Wildman–Crippen LogP) is 3.18. The first-order chi connectivity index (χ1) is 9.79. The van der Waals surface area contributed by atoms with Gasteiger partial charge in [-0.3, -0.25) is 5.10 Å². The van der Waals surface area contributed by atoms with Gasteiger partial charge in [-0.1, -0.05) is 0 Å². The molecular weight excluding hydrogens is 367 g/mol. The standard InChI is InChI=1S/C13H9IN6/c14-11-4-9-12(15-6-16-13(9)19-11)18-8-1-2-10-7(3-8)5-17-20-10/h1-6H,(H,17,20)(H2,15,16,18,19). The summed E-state index contributed by atoms with van der Waals surface area (Å²) in [4.78, 5) is 11.7. The van der Waals surface area contributed by atoms with Gasteiger partial charge in [0.25, 0.3) is 0 Å². The number of hydrogen-bond donors (Lipinski definition) is 3. The van der Waals surface area contributed by atoms with Crippen LogP contribution in [0.2, 0.25) is 0 Å². The molecule has 20 heavy (non-hydrogen) atoms. The van der Waals surface area contributed by atoms with Crippen molar-refractivity contribution < 1.29 is 0 Å². The fourth-order valence-corrected chi connectivity index (χ4v) is 2.73. The van der Waals surface area contributed by atoms with Crippen molar-refractivity contribution in [2.45, 2.75) is 0 Å². The van der Waals surface area contributed by atoms with Gasteiger partial charge in [-0.05, 0) is 46.9 Å². The molecule has 1 aromatic carbocycles. The molecule has 0 aliphatic carbocycles. The molecule has 0 amide bonds. The highest BCUT2D eigenvalue weighted by Gasteiger charge is 2.07. The maximum atomic E-state index is 4.31. The largest absolute Gasteiger partial charge is 0.340 e. The molecule has 4 aromatic rings. The fraction of sp³-hybridized carbons (Fsp3) is 0. The number of halogens is 1. The number of nitrogens with zero attached hydrogens (tertiary/aromatic N) is 3. The molecule has 7 heteroatoms. The van der Waals surface area contributed by atoms with E-state index in [1.165, 1.54) is 0 Å². The molecule has 0 aliphatic rings. The molecule has 3 aromatic heterocycles. The Hall–Kier alpha value is -2.16. The quantitative estimate of drug-likeness (QED) is 0.470. The number of hydrogen-bond acceptors (Lipinski definition) is 4. The van der Waals surface area contributed by atoms with Crippen LogP contribution in [-0.4, -0.2) is 25.1 Å². The summed E-state index contributed by atoms with van der Waals surface area (Å²) in [5.74, 6) is 0.789. The molecule has 0 atom stereocenters. The first-order valence-electron chi connectivity index (χ1n) is 5.99. The summed E-state index contributed by atoms with van der Waals surface area (Å²) in [5, 5.41) is 12.3. The smallest absolute Gasteiger partial charge is 0.143 e. The molecule has 0 fully saturated rings. The van der Waals surface area contributed by atoms with Crippen molar-refractivity contribution in [2.75, 3.05) is 5.32 Å². The molecule has 6 nitrogen and oxygen atoms in total. The number of fused-ring (bicyclic) bond motifs is 2. The number of anilines is 2. The average Bonchev–Trinajstić information content (AvgIpc) is 3.04. The summed E-state index contributed by atoms with van der Waals surface area (Å²) in [6.45, 7) is 0. The minimum atomic E-state index is 0.789. The first-order valence-corrected chi connectivity index (χ1v) is 7.07. The van der Waals surface area contributed by atoms with Gasteiger partial charge >= 0.3 is 0 Å². The highest BCUT2D eigenvalue weighted by atomic mass is 127. The molecule has 3 heterocycles. The van der Waals surface area contributed by atoms with Crippen LogP contribution in [0.3, 0.4) is 0 Å². The fourth-order valence-electron chi connectivity index (χ4n) is 2.16. The zero-order chi connectivity index (χ0) is 13.5. The van der Waals surface area contributed by atoms with E-state index in [-0.39, 0.29) is 0 Å². The Morgan fingerprint density at radius 3 is 3.05 bits per heavy atom. The lowest BCUT2D eigenvalue weighted by Crippen LogP contribution is -1.94. The number of aromatic nitrogens is 5. The van der Waals surface area contributed by atoms with E-state index in [1.807, 2.05) is 24.3 Å². The van der Waals surface area contributed by atoms with Crippen LogP contribution in [0.25, 0.3) is 21.9 Å². The Morgan fingerprint density at radius 2 is 2.10 bits per heavy atom. The number of benzene rings is 1. The second-order valence-corrected chi connectivity index (χ2v) is 5.56. The van der Waals surface area contributed by atoms with Crippen LogP contribution >= 0.6 is 22.6 Å². The Bertz CT molecular complexity index is 909. The van der Waals surface area contributed by atoms with E-state index in [0.717, 1.165) is 37.1 Å². The van der Waals surface area contributed by atoms with Gasteiger partial charge in [0, 0.05) is 11.1 Å². The van der Waals surface area contributed by atoms with E-state index >= 15 is 0 Å². The lowest BCUT2D eigenvalue weighted by molar-refractivity contribution is 1.12. The Balaban J connectivity index is 1.79. The van der Waals surface area contributed by atoms with Gasteiger partial charge in [-0.2, -0.15) is 5.10 Å². The van der Waals surface area contributed by atoms with E-state index in [2.05, 4.69) is 53.1 Å². The second kappa shape index (κ2) is 4.44. The van der Waals surface area contributed by atoms with E-state index in [1.54, 1.807) is 12.5 Å². The first kappa shape index (κ1) is 11.6. The van der Waals surface area contributed by atoms with E-state index in [4.69, 9.17) is 0 Å². The zero-order valence-electron chi connectivity index (χ0n) is 10.2. The maximum absolute atomic E-state index is 4.31. The SMILES string of the molecule is Ic1cc2c(Nc3ccc4[nH]ncc4c3)ncnc2[nH]1. The van der Waals surface area contributed by atoms with Gasteiger partial charge in [0.2, 0.25) is 0 Å². The number of H-pyrrole nitrogens is 2. The van der Waals surface area contributed by atoms with Gasteiger partial charge in [0.05, 0.1) is 20.8 Å². The van der Waals surface area contributed by atoms with Gasteiger partial charge in [0.15, 0.2) is 0 Å². The highest BCUT2D eigenvalue weighted by Crippen LogP contribution is 2.25. The minimum Gasteiger partial charge on any atom is -0.340 e. The van der Waals surface area contributed by atoms with Crippen LogP contribution in [0.5, 0.6) is 0 Å². The van der Waals surface area contributed by atoms with Gasteiger partial charge in [-0.15, -0.1) is 0 Å². The third kappa shape index (κ3) is 1.90. The lowest BCUT2D eigenvalue weighted by atomic mass is 10.2. The van der Waals surface area contributed by atoms with Crippen molar-refractivity contribution in [1.82, 2.24) is 25.1 Å².